The molecule has 0 aromatic heterocycles. The third kappa shape index (κ3) is 11.5. The van der Waals surface area contributed by atoms with Crippen LogP contribution in [0.15, 0.2) is 12.2 Å². The van der Waals surface area contributed by atoms with E-state index in [2.05, 4.69) is 6.92 Å². The second-order valence-corrected chi connectivity index (χ2v) is 3.62. The molecule has 0 aliphatic rings. The van der Waals surface area contributed by atoms with Gasteiger partial charge in [0.25, 0.3) is 0 Å². The van der Waals surface area contributed by atoms with Gasteiger partial charge >= 0.3 is 0 Å². The van der Waals surface area contributed by atoms with Gasteiger partial charge in [-0.25, -0.2) is 0 Å². The van der Waals surface area contributed by atoms with Gasteiger partial charge in [-0.15, -0.1) is 0 Å². The third-order valence-electron chi connectivity index (χ3n) is 2.07. The lowest BCUT2D eigenvalue weighted by atomic mass is 10.1. The molecule has 0 aliphatic carbocycles. The molecule has 0 rings (SSSR count). The van der Waals surface area contributed by atoms with Crippen molar-refractivity contribution in [2.45, 2.75) is 45.1 Å². The Morgan fingerprint density at radius 3 is 2.73 bits per heavy atom. The molecular weight excluding hydrogens is 192 g/mol. The number of hydrogen-bond donors (Lipinski definition) is 1. The van der Waals surface area contributed by atoms with Crippen LogP contribution in [0.25, 0.3) is 0 Å². The fourth-order valence-corrected chi connectivity index (χ4v) is 1.25. The summed E-state index contributed by atoms with van der Waals surface area (Å²) in [5.41, 5.74) is 0. The zero-order valence-corrected chi connectivity index (χ0v) is 9.95. The molecule has 0 amide bonds. The summed E-state index contributed by atoms with van der Waals surface area (Å²) in [6.07, 6.45) is 9.39. The summed E-state index contributed by atoms with van der Waals surface area (Å²) in [4.78, 5) is 0. The first kappa shape index (κ1) is 14.6. The molecule has 0 radical (unpaired) electrons. The fraction of sp³-hybridized carbons (Fsp3) is 0.833. The van der Waals surface area contributed by atoms with Crippen LogP contribution in [-0.2, 0) is 9.47 Å². The predicted octanol–water partition coefficient (Wildman–Crippen LogP) is 2.49. The minimum absolute atomic E-state index is 0.238. The van der Waals surface area contributed by atoms with Gasteiger partial charge in [-0.2, -0.15) is 0 Å². The molecule has 0 saturated heterocycles. The standard InChI is InChI=1S/C12H24O3/c1-3-4-5-6-7-8-9-12(13)10-15-11-14-2/h8-9,12-13H,3-7,10-11H2,1-2H3/b9-8+/t12-/m1/s1. The van der Waals surface area contributed by atoms with Gasteiger partial charge in [-0.05, 0) is 12.8 Å². The molecule has 0 spiro atoms. The number of unbranched alkanes of at least 4 members (excludes halogenated alkanes) is 4. The number of hydrogen-bond acceptors (Lipinski definition) is 3. The number of rotatable bonds is 10. The molecule has 0 aromatic rings. The summed E-state index contributed by atoms with van der Waals surface area (Å²) in [6, 6.07) is 0. The summed E-state index contributed by atoms with van der Waals surface area (Å²) in [5.74, 6) is 0. The molecular formula is C12H24O3. The quantitative estimate of drug-likeness (QED) is 0.346. The number of ether oxygens (including phenoxy) is 2. The van der Waals surface area contributed by atoms with Crippen LogP contribution in [0.3, 0.4) is 0 Å². The molecule has 1 atom stereocenters. The average Bonchev–Trinajstić information content (AvgIpc) is 2.23. The van der Waals surface area contributed by atoms with E-state index in [1.165, 1.54) is 25.7 Å². The Morgan fingerprint density at radius 1 is 1.27 bits per heavy atom. The Labute approximate surface area is 93.1 Å². The van der Waals surface area contributed by atoms with Gasteiger partial charge in [0.05, 0.1) is 12.7 Å². The number of aliphatic hydroxyl groups is 1. The van der Waals surface area contributed by atoms with Crippen LogP contribution in [0.1, 0.15) is 39.0 Å². The summed E-state index contributed by atoms with van der Waals surface area (Å²) < 4.78 is 9.72. The van der Waals surface area contributed by atoms with Crippen molar-refractivity contribution in [3.05, 3.63) is 12.2 Å². The Bertz CT molecular complexity index is 146. The first-order chi connectivity index (χ1) is 7.31. The minimum atomic E-state index is -0.508. The van der Waals surface area contributed by atoms with E-state index in [0.717, 1.165) is 6.42 Å². The van der Waals surface area contributed by atoms with Crippen LogP contribution in [0.5, 0.6) is 0 Å². The summed E-state index contributed by atoms with van der Waals surface area (Å²) >= 11 is 0. The highest BCUT2D eigenvalue weighted by Crippen LogP contribution is 2.03. The maximum absolute atomic E-state index is 9.41. The number of methoxy groups -OCH3 is 1. The van der Waals surface area contributed by atoms with E-state index < -0.39 is 6.10 Å². The molecule has 90 valence electrons. The molecule has 3 nitrogen and oxygen atoms in total. The first-order valence-electron chi connectivity index (χ1n) is 5.72. The lowest BCUT2D eigenvalue weighted by Gasteiger charge is -2.05. The van der Waals surface area contributed by atoms with E-state index in [1.807, 2.05) is 6.08 Å². The van der Waals surface area contributed by atoms with Gasteiger partial charge in [0.15, 0.2) is 0 Å². The van der Waals surface area contributed by atoms with Gasteiger partial charge in [-0.1, -0.05) is 38.3 Å². The minimum Gasteiger partial charge on any atom is -0.387 e. The molecule has 0 bridgehead atoms. The Morgan fingerprint density at radius 2 is 2.07 bits per heavy atom. The van der Waals surface area contributed by atoms with Crippen molar-refractivity contribution in [1.82, 2.24) is 0 Å². The number of allylic oxidation sites excluding steroid dienone is 1. The van der Waals surface area contributed by atoms with Crippen molar-refractivity contribution < 1.29 is 14.6 Å². The maximum Gasteiger partial charge on any atom is 0.146 e. The van der Waals surface area contributed by atoms with Crippen molar-refractivity contribution in [2.24, 2.45) is 0 Å². The summed E-state index contributed by atoms with van der Waals surface area (Å²) in [7, 11) is 1.57. The monoisotopic (exact) mass is 216 g/mol. The van der Waals surface area contributed by atoms with Gasteiger partial charge in [0.2, 0.25) is 0 Å². The second kappa shape index (κ2) is 11.7. The van der Waals surface area contributed by atoms with Gasteiger partial charge in [-0.3, -0.25) is 0 Å². The SMILES string of the molecule is CCCCCC/C=C/[C@@H](O)COCOC. The van der Waals surface area contributed by atoms with Crippen molar-refractivity contribution in [3.63, 3.8) is 0 Å². The van der Waals surface area contributed by atoms with Crippen LogP contribution in [-0.4, -0.2) is 31.7 Å². The molecule has 0 saturated carbocycles. The zero-order valence-electron chi connectivity index (χ0n) is 9.95. The van der Waals surface area contributed by atoms with Crippen LogP contribution in [0, 0.1) is 0 Å². The normalized spacial score (nSPS) is 13.5. The Balaban J connectivity index is 3.25. The average molecular weight is 216 g/mol. The summed E-state index contributed by atoms with van der Waals surface area (Å²) in [5, 5.41) is 9.41. The fourth-order valence-electron chi connectivity index (χ4n) is 1.25. The summed E-state index contributed by atoms with van der Waals surface area (Å²) in [6.45, 7) is 2.74. The van der Waals surface area contributed by atoms with Crippen LogP contribution in [0.4, 0.5) is 0 Å². The largest absolute Gasteiger partial charge is 0.387 e. The smallest absolute Gasteiger partial charge is 0.146 e. The van der Waals surface area contributed by atoms with E-state index in [0.29, 0.717) is 6.61 Å². The number of aliphatic hydroxyl groups excluding tert-OH is 1. The second-order valence-electron chi connectivity index (χ2n) is 3.62. The Hall–Kier alpha value is -0.380. The van der Waals surface area contributed by atoms with Crippen LogP contribution in [0.2, 0.25) is 0 Å². The van der Waals surface area contributed by atoms with E-state index in [1.54, 1.807) is 13.2 Å². The molecule has 0 fully saturated rings. The van der Waals surface area contributed by atoms with Crippen LogP contribution < -0.4 is 0 Å². The van der Waals surface area contributed by atoms with Crippen molar-refractivity contribution in [1.29, 1.82) is 0 Å². The topological polar surface area (TPSA) is 38.7 Å². The highest BCUT2D eigenvalue weighted by Gasteiger charge is 1.97. The Kier molecular flexibility index (Phi) is 11.4. The van der Waals surface area contributed by atoms with Crippen LogP contribution >= 0.6 is 0 Å². The predicted molar refractivity (Wildman–Crippen MR) is 61.7 cm³/mol. The maximum atomic E-state index is 9.41. The highest BCUT2D eigenvalue weighted by atomic mass is 16.7. The van der Waals surface area contributed by atoms with E-state index in [9.17, 15) is 5.11 Å². The van der Waals surface area contributed by atoms with Crippen molar-refractivity contribution >= 4 is 0 Å². The van der Waals surface area contributed by atoms with E-state index in [4.69, 9.17) is 9.47 Å². The molecule has 3 heteroatoms. The molecule has 0 unspecified atom stereocenters. The molecule has 1 N–H and O–H groups in total. The van der Waals surface area contributed by atoms with Gasteiger partial charge in [0.1, 0.15) is 6.79 Å². The van der Waals surface area contributed by atoms with Gasteiger partial charge < -0.3 is 14.6 Å². The van der Waals surface area contributed by atoms with Crippen molar-refractivity contribution in [2.75, 3.05) is 20.5 Å². The first-order valence-corrected chi connectivity index (χ1v) is 5.72. The van der Waals surface area contributed by atoms with E-state index in [-0.39, 0.29) is 6.79 Å². The highest BCUT2D eigenvalue weighted by molar-refractivity contribution is 4.88. The third-order valence-corrected chi connectivity index (χ3v) is 2.07. The zero-order chi connectivity index (χ0) is 11.4. The van der Waals surface area contributed by atoms with Crippen molar-refractivity contribution in [3.8, 4) is 0 Å². The lowest BCUT2D eigenvalue weighted by Crippen LogP contribution is -2.13. The lowest BCUT2D eigenvalue weighted by molar-refractivity contribution is -0.0528. The van der Waals surface area contributed by atoms with Gasteiger partial charge in [0, 0.05) is 7.11 Å². The molecule has 0 aliphatic heterocycles. The van der Waals surface area contributed by atoms with E-state index >= 15 is 0 Å². The molecule has 0 aromatic carbocycles. The molecule has 15 heavy (non-hydrogen) atoms. The molecule has 0 heterocycles.